The van der Waals surface area contributed by atoms with Gasteiger partial charge in [-0.05, 0) is 31.7 Å². The van der Waals surface area contributed by atoms with E-state index in [1.54, 1.807) is 17.0 Å². The summed E-state index contributed by atoms with van der Waals surface area (Å²) in [7, 11) is 1.85. The number of likely N-dealkylation sites (tertiary alicyclic amines) is 1. The van der Waals surface area contributed by atoms with Gasteiger partial charge in [0.2, 0.25) is 0 Å². The third-order valence-electron chi connectivity index (χ3n) is 4.98. The molecule has 1 atom stereocenters. The highest BCUT2D eigenvalue weighted by molar-refractivity contribution is 5.90. The van der Waals surface area contributed by atoms with Gasteiger partial charge >= 0.3 is 0 Å². The van der Waals surface area contributed by atoms with Gasteiger partial charge in [-0.25, -0.2) is 4.98 Å². The quantitative estimate of drug-likeness (QED) is 0.920. The molecule has 1 unspecified atom stereocenters. The molecule has 1 N–H and O–H groups in total. The lowest BCUT2D eigenvalue weighted by molar-refractivity contribution is 0.0933. The van der Waals surface area contributed by atoms with Crippen LogP contribution in [-0.4, -0.2) is 46.0 Å². The largest absolute Gasteiger partial charge is 0.349 e. The van der Waals surface area contributed by atoms with Crippen molar-refractivity contribution in [1.29, 1.82) is 0 Å². The van der Waals surface area contributed by atoms with E-state index in [2.05, 4.69) is 15.2 Å². The Bertz CT molecular complexity index is 478. The molecular weight excluding hydrogens is 264 g/mol. The Balaban J connectivity index is 1.44. The summed E-state index contributed by atoms with van der Waals surface area (Å²) < 4.78 is 1.76. The van der Waals surface area contributed by atoms with Crippen molar-refractivity contribution in [2.24, 2.45) is 13.0 Å². The Morgan fingerprint density at radius 2 is 2.14 bits per heavy atom. The number of aryl methyl sites for hydroxylation is 1. The highest BCUT2D eigenvalue weighted by Gasteiger charge is 2.29. The van der Waals surface area contributed by atoms with Gasteiger partial charge < -0.3 is 14.8 Å². The molecule has 1 aliphatic carbocycles. The minimum Gasteiger partial charge on any atom is -0.349 e. The molecule has 116 valence electrons. The maximum atomic E-state index is 12.1. The molecule has 5 nitrogen and oxygen atoms in total. The van der Waals surface area contributed by atoms with E-state index >= 15 is 0 Å². The first-order chi connectivity index (χ1) is 10.2. The van der Waals surface area contributed by atoms with Crippen LogP contribution in [-0.2, 0) is 7.05 Å². The molecule has 0 spiro atoms. The maximum Gasteiger partial charge on any atom is 0.287 e. The van der Waals surface area contributed by atoms with E-state index in [1.807, 2.05) is 7.05 Å². The Morgan fingerprint density at radius 1 is 1.33 bits per heavy atom. The fraction of sp³-hybridized carbons (Fsp3) is 0.750. The third-order valence-corrected chi connectivity index (χ3v) is 4.98. The Labute approximate surface area is 126 Å². The average molecular weight is 290 g/mol. The summed E-state index contributed by atoms with van der Waals surface area (Å²) in [5.41, 5.74) is 0. The van der Waals surface area contributed by atoms with E-state index in [-0.39, 0.29) is 5.91 Å². The first-order valence-electron chi connectivity index (χ1n) is 8.23. The number of imidazole rings is 1. The summed E-state index contributed by atoms with van der Waals surface area (Å²) in [6.07, 6.45) is 11.6. The van der Waals surface area contributed by atoms with Gasteiger partial charge in [0.15, 0.2) is 5.82 Å². The summed E-state index contributed by atoms with van der Waals surface area (Å²) in [6, 6.07) is 0.800. The van der Waals surface area contributed by atoms with Crippen molar-refractivity contribution in [2.75, 3.05) is 19.6 Å². The van der Waals surface area contributed by atoms with E-state index in [4.69, 9.17) is 0 Å². The number of nitrogens with zero attached hydrogens (tertiary/aromatic N) is 3. The van der Waals surface area contributed by atoms with Crippen molar-refractivity contribution in [3.63, 3.8) is 0 Å². The molecular formula is C16H26N4O. The summed E-state index contributed by atoms with van der Waals surface area (Å²) in [4.78, 5) is 18.8. The lowest BCUT2D eigenvalue weighted by atomic mass is 9.94. The molecule has 3 rings (SSSR count). The number of rotatable bonds is 4. The fourth-order valence-electron chi connectivity index (χ4n) is 3.71. The number of hydrogen-bond donors (Lipinski definition) is 1. The predicted octanol–water partition coefficient (Wildman–Crippen LogP) is 1.80. The number of carbonyl (C=O) groups is 1. The van der Waals surface area contributed by atoms with Crippen molar-refractivity contribution >= 4 is 5.91 Å². The third kappa shape index (κ3) is 3.46. The average Bonchev–Trinajstić information content (AvgIpc) is 3.15. The fourth-order valence-corrected chi connectivity index (χ4v) is 3.71. The maximum absolute atomic E-state index is 12.1. The van der Waals surface area contributed by atoms with Crippen LogP contribution in [0.1, 0.15) is 49.1 Å². The molecule has 0 aromatic carbocycles. The molecule has 2 fully saturated rings. The van der Waals surface area contributed by atoms with Crippen molar-refractivity contribution in [3.8, 4) is 0 Å². The van der Waals surface area contributed by atoms with Crippen LogP contribution in [0.25, 0.3) is 0 Å². The lowest BCUT2D eigenvalue weighted by Crippen LogP contribution is -2.36. The van der Waals surface area contributed by atoms with Gasteiger partial charge in [0.05, 0.1) is 0 Å². The first kappa shape index (κ1) is 14.6. The van der Waals surface area contributed by atoms with E-state index in [9.17, 15) is 4.79 Å². The second-order valence-corrected chi connectivity index (χ2v) is 6.51. The zero-order valence-electron chi connectivity index (χ0n) is 12.9. The van der Waals surface area contributed by atoms with Crippen LogP contribution in [0.3, 0.4) is 0 Å². The Kier molecular flexibility index (Phi) is 4.58. The van der Waals surface area contributed by atoms with E-state index in [0.29, 0.717) is 11.7 Å². The molecule has 1 amide bonds. The van der Waals surface area contributed by atoms with Gasteiger partial charge in [-0.15, -0.1) is 0 Å². The van der Waals surface area contributed by atoms with Crippen LogP contribution in [0.15, 0.2) is 12.4 Å². The SMILES string of the molecule is Cn1ccnc1C(=O)NCC1CCN(C2CCCCC2)C1. The van der Waals surface area contributed by atoms with Crippen LogP contribution in [0.5, 0.6) is 0 Å². The molecule has 1 aromatic rings. The van der Waals surface area contributed by atoms with Crippen LogP contribution >= 0.6 is 0 Å². The molecule has 0 radical (unpaired) electrons. The van der Waals surface area contributed by atoms with Gasteiger partial charge in [-0.2, -0.15) is 0 Å². The summed E-state index contributed by atoms with van der Waals surface area (Å²) in [6.45, 7) is 3.12. The van der Waals surface area contributed by atoms with Crippen molar-refractivity contribution in [2.45, 2.75) is 44.6 Å². The molecule has 2 heterocycles. The van der Waals surface area contributed by atoms with Gasteiger partial charge in [0.25, 0.3) is 5.91 Å². The number of nitrogens with one attached hydrogen (secondary N) is 1. The second-order valence-electron chi connectivity index (χ2n) is 6.51. The molecule has 1 aliphatic heterocycles. The zero-order chi connectivity index (χ0) is 14.7. The molecule has 1 saturated carbocycles. The van der Waals surface area contributed by atoms with Gasteiger partial charge in [0, 0.05) is 38.6 Å². The van der Waals surface area contributed by atoms with Gasteiger partial charge in [0.1, 0.15) is 0 Å². The highest BCUT2D eigenvalue weighted by atomic mass is 16.2. The minimum atomic E-state index is -0.0568. The monoisotopic (exact) mass is 290 g/mol. The molecule has 2 aliphatic rings. The standard InChI is InChI=1S/C16H26N4O/c1-19-10-8-17-15(19)16(21)18-11-13-7-9-20(12-13)14-5-3-2-4-6-14/h8,10,13-14H,2-7,9,11-12H2,1H3,(H,18,21). The van der Waals surface area contributed by atoms with E-state index in [0.717, 1.165) is 19.1 Å². The summed E-state index contributed by atoms with van der Waals surface area (Å²) in [5.74, 6) is 1.03. The molecule has 0 bridgehead atoms. The summed E-state index contributed by atoms with van der Waals surface area (Å²) in [5, 5.41) is 3.04. The van der Waals surface area contributed by atoms with Crippen LogP contribution in [0.2, 0.25) is 0 Å². The smallest absolute Gasteiger partial charge is 0.287 e. The van der Waals surface area contributed by atoms with Crippen molar-refractivity contribution in [3.05, 3.63) is 18.2 Å². The second kappa shape index (κ2) is 6.60. The summed E-state index contributed by atoms with van der Waals surface area (Å²) >= 11 is 0. The number of aromatic nitrogens is 2. The first-order valence-corrected chi connectivity index (χ1v) is 8.23. The number of hydrogen-bond acceptors (Lipinski definition) is 3. The van der Waals surface area contributed by atoms with E-state index in [1.165, 1.54) is 45.1 Å². The molecule has 21 heavy (non-hydrogen) atoms. The number of amides is 1. The van der Waals surface area contributed by atoms with Crippen molar-refractivity contribution in [1.82, 2.24) is 19.8 Å². The van der Waals surface area contributed by atoms with Gasteiger partial charge in [-0.3, -0.25) is 4.79 Å². The topological polar surface area (TPSA) is 50.2 Å². The number of carbonyl (C=O) groups excluding carboxylic acids is 1. The Morgan fingerprint density at radius 3 is 2.86 bits per heavy atom. The Hall–Kier alpha value is -1.36. The van der Waals surface area contributed by atoms with Gasteiger partial charge in [-0.1, -0.05) is 19.3 Å². The minimum absolute atomic E-state index is 0.0568. The van der Waals surface area contributed by atoms with Crippen LogP contribution < -0.4 is 5.32 Å². The van der Waals surface area contributed by atoms with Crippen LogP contribution in [0, 0.1) is 5.92 Å². The zero-order valence-corrected chi connectivity index (χ0v) is 12.9. The molecule has 1 aromatic heterocycles. The molecule has 5 heteroatoms. The highest BCUT2D eigenvalue weighted by Crippen LogP contribution is 2.27. The predicted molar refractivity (Wildman–Crippen MR) is 82.1 cm³/mol. The molecule has 1 saturated heterocycles. The van der Waals surface area contributed by atoms with E-state index < -0.39 is 0 Å². The van der Waals surface area contributed by atoms with Crippen LogP contribution in [0.4, 0.5) is 0 Å². The lowest BCUT2D eigenvalue weighted by Gasteiger charge is -2.31. The van der Waals surface area contributed by atoms with Crippen molar-refractivity contribution < 1.29 is 4.79 Å². The normalized spacial score (nSPS) is 24.3.